The van der Waals surface area contributed by atoms with E-state index in [0.29, 0.717) is 5.92 Å². The molecule has 0 aromatic heterocycles. The molecule has 1 N–H and O–H groups in total. The second-order valence-electron chi connectivity index (χ2n) is 4.61. The summed E-state index contributed by atoms with van der Waals surface area (Å²) < 4.78 is 0. The second kappa shape index (κ2) is 6.59. The predicted octanol–water partition coefficient (Wildman–Crippen LogP) is 2.15. The van der Waals surface area contributed by atoms with Gasteiger partial charge in [0.15, 0.2) is 5.78 Å². The largest absolute Gasteiger partial charge is 0.346 e. The Morgan fingerprint density at radius 1 is 1.20 bits per heavy atom. The number of Topliss-reactive ketones (excluding diaryl/α,β-unsaturated/α-hetero) is 1. The average molecular weight is 213 g/mol. The minimum Gasteiger partial charge on any atom is -0.346 e. The number of carbonyl (C=O) groups excluding carboxylic acids is 2. The normalized spacial score (nSPS) is 14.8. The van der Waals surface area contributed by atoms with Crippen LogP contribution in [0, 0.1) is 11.8 Å². The van der Waals surface area contributed by atoms with Crippen LogP contribution in [-0.2, 0) is 9.59 Å². The van der Waals surface area contributed by atoms with Crippen molar-refractivity contribution in [2.75, 3.05) is 0 Å². The van der Waals surface area contributed by atoms with Gasteiger partial charge in [0.2, 0.25) is 5.91 Å². The van der Waals surface area contributed by atoms with Crippen LogP contribution in [0.5, 0.6) is 0 Å². The number of rotatable bonds is 6. The van der Waals surface area contributed by atoms with Crippen molar-refractivity contribution in [2.45, 2.75) is 53.5 Å². The van der Waals surface area contributed by atoms with E-state index >= 15 is 0 Å². The molecule has 88 valence electrons. The molecular weight excluding hydrogens is 190 g/mol. The Labute approximate surface area is 92.6 Å². The van der Waals surface area contributed by atoms with Gasteiger partial charge in [0.05, 0.1) is 6.04 Å². The zero-order valence-corrected chi connectivity index (χ0v) is 10.5. The van der Waals surface area contributed by atoms with E-state index in [1.165, 1.54) is 6.92 Å². The summed E-state index contributed by atoms with van der Waals surface area (Å²) in [6.45, 7) is 9.47. The third kappa shape index (κ3) is 5.55. The van der Waals surface area contributed by atoms with Crippen LogP contribution in [0.15, 0.2) is 0 Å². The molecule has 0 aromatic rings. The molecule has 0 spiro atoms. The topological polar surface area (TPSA) is 46.2 Å². The number of hydrogen-bond acceptors (Lipinski definition) is 2. The van der Waals surface area contributed by atoms with E-state index in [1.807, 2.05) is 27.7 Å². The van der Waals surface area contributed by atoms with Crippen LogP contribution in [0.1, 0.15) is 47.5 Å². The van der Waals surface area contributed by atoms with Gasteiger partial charge >= 0.3 is 0 Å². The molecule has 0 aliphatic heterocycles. The Kier molecular flexibility index (Phi) is 6.21. The van der Waals surface area contributed by atoms with E-state index in [-0.39, 0.29) is 23.7 Å². The molecule has 3 heteroatoms. The molecule has 0 aliphatic rings. The fraction of sp³-hybridized carbons (Fsp3) is 0.833. The molecule has 0 unspecified atom stereocenters. The average Bonchev–Trinajstić information content (AvgIpc) is 2.14. The van der Waals surface area contributed by atoms with Crippen LogP contribution in [0.3, 0.4) is 0 Å². The highest BCUT2D eigenvalue weighted by molar-refractivity contribution is 5.88. The predicted molar refractivity (Wildman–Crippen MR) is 61.5 cm³/mol. The third-order valence-electron chi connectivity index (χ3n) is 2.57. The van der Waals surface area contributed by atoms with Crippen molar-refractivity contribution in [2.24, 2.45) is 11.8 Å². The van der Waals surface area contributed by atoms with E-state index in [4.69, 9.17) is 0 Å². The van der Waals surface area contributed by atoms with Gasteiger partial charge in [-0.25, -0.2) is 0 Å². The zero-order valence-electron chi connectivity index (χ0n) is 10.5. The van der Waals surface area contributed by atoms with E-state index in [2.05, 4.69) is 5.32 Å². The molecule has 1 amide bonds. The number of amides is 1. The van der Waals surface area contributed by atoms with Crippen molar-refractivity contribution >= 4 is 11.7 Å². The maximum Gasteiger partial charge on any atom is 0.223 e. The Hall–Kier alpha value is -0.860. The van der Waals surface area contributed by atoms with Gasteiger partial charge in [-0.1, -0.05) is 27.7 Å². The Morgan fingerprint density at radius 3 is 2.07 bits per heavy atom. The van der Waals surface area contributed by atoms with Crippen LogP contribution in [0.2, 0.25) is 0 Å². The summed E-state index contributed by atoms with van der Waals surface area (Å²) in [5.74, 6) is 0.425. The maximum atomic E-state index is 11.6. The van der Waals surface area contributed by atoms with Crippen molar-refractivity contribution in [3.05, 3.63) is 0 Å². The van der Waals surface area contributed by atoms with Gasteiger partial charge in [0.1, 0.15) is 0 Å². The molecule has 0 heterocycles. The standard InChI is InChI=1S/C12H23NO2/c1-6-9(4)12(15)13-11(10(5)14)7-8(2)3/h8-9,11H,6-7H2,1-5H3,(H,13,15)/t9-,11-/m0/s1. The second-order valence-corrected chi connectivity index (χ2v) is 4.61. The molecule has 0 rings (SSSR count). The zero-order chi connectivity index (χ0) is 12.0. The third-order valence-corrected chi connectivity index (χ3v) is 2.57. The van der Waals surface area contributed by atoms with E-state index < -0.39 is 0 Å². The molecule has 0 aliphatic carbocycles. The quantitative estimate of drug-likeness (QED) is 0.735. The van der Waals surface area contributed by atoms with Gasteiger partial charge in [-0.3, -0.25) is 9.59 Å². The highest BCUT2D eigenvalue weighted by Crippen LogP contribution is 2.08. The van der Waals surface area contributed by atoms with Crippen LogP contribution >= 0.6 is 0 Å². The summed E-state index contributed by atoms with van der Waals surface area (Å²) in [5.41, 5.74) is 0. The number of carbonyl (C=O) groups is 2. The van der Waals surface area contributed by atoms with Crippen molar-refractivity contribution in [1.29, 1.82) is 0 Å². The molecule has 15 heavy (non-hydrogen) atoms. The summed E-state index contributed by atoms with van der Waals surface area (Å²) in [4.78, 5) is 22.9. The van der Waals surface area contributed by atoms with Gasteiger partial charge in [-0.2, -0.15) is 0 Å². The molecule has 0 radical (unpaired) electrons. The minimum atomic E-state index is -0.313. The lowest BCUT2D eigenvalue weighted by Gasteiger charge is -2.19. The molecule has 2 atom stereocenters. The van der Waals surface area contributed by atoms with Gasteiger partial charge in [-0.05, 0) is 25.7 Å². The molecule has 0 saturated carbocycles. The molecule has 0 bridgehead atoms. The highest BCUT2D eigenvalue weighted by atomic mass is 16.2. The minimum absolute atomic E-state index is 0.0148. The van der Waals surface area contributed by atoms with E-state index in [1.54, 1.807) is 0 Å². The Balaban J connectivity index is 4.29. The summed E-state index contributed by atoms with van der Waals surface area (Å²) in [6.07, 6.45) is 1.52. The van der Waals surface area contributed by atoms with Crippen LogP contribution in [-0.4, -0.2) is 17.7 Å². The first-order valence-corrected chi connectivity index (χ1v) is 5.69. The Morgan fingerprint density at radius 2 is 1.73 bits per heavy atom. The molecule has 0 fully saturated rings. The summed E-state index contributed by atoms with van der Waals surface area (Å²) in [6, 6.07) is -0.313. The number of hydrogen-bond donors (Lipinski definition) is 1. The first kappa shape index (κ1) is 14.1. The molecule has 3 nitrogen and oxygen atoms in total. The van der Waals surface area contributed by atoms with Crippen molar-refractivity contribution < 1.29 is 9.59 Å². The van der Waals surface area contributed by atoms with Crippen LogP contribution in [0.4, 0.5) is 0 Å². The first-order chi connectivity index (χ1) is 6.88. The van der Waals surface area contributed by atoms with Gasteiger partial charge in [-0.15, -0.1) is 0 Å². The number of ketones is 1. The Bertz CT molecular complexity index is 224. The smallest absolute Gasteiger partial charge is 0.223 e. The lowest BCUT2D eigenvalue weighted by atomic mass is 9.99. The van der Waals surface area contributed by atoms with Crippen LogP contribution < -0.4 is 5.32 Å². The fourth-order valence-electron chi connectivity index (χ4n) is 1.30. The molecular formula is C12H23NO2. The summed E-state index contributed by atoms with van der Waals surface area (Å²) in [7, 11) is 0. The maximum absolute atomic E-state index is 11.6. The summed E-state index contributed by atoms with van der Waals surface area (Å²) >= 11 is 0. The first-order valence-electron chi connectivity index (χ1n) is 5.69. The lowest BCUT2D eigenvalue weighted by Crippen LogP contribution is -2.42. The fourth-order valence-corrected chi connectivity index (χ4v) is 1.30. The highest BCUT2D eigenvalue weighted by Gasteiger charge is 2.20. The van der Waals surface area contributed by atoms with Gasteiger partial charge in [0.25, 0.3) is 0 Å². The van der Waals surface area contributed by atoms with Gasteiger partial charge < -0.3 is 5.32 Å². The lowest BCUT2D eigenvalue weighted by molar-refractivity contribution is -0.129. The van der Waals surface area contributed by atoms with Gasteiger partial charge in [0, 0.05) is 5.92 Å². The van der Waals surface area contributed by atoms with E-state index in [9.17, 15) is 9.59 Å². The summed E-state index contributed by atoms with van der Waals surface area (Å²) in [5, 5.41) is 2.81. The van der Waals surface area contributed by atoms with Crippen molar-refractivity contribution in [3.8, 4) is 0 Å². The number of nitrogens with one attached hydrogen (secondary N) is 1. The van der Waals surface area contributed by atoms with E-state index in [0.717, 1.165) is 12.8 Å². The van der Waals surface area contributed by atoms with Crippen LogP contribution in [0.25, 0.3) is 0 Å². The molecule has 0 saturated heterocycles. The van der Waals surface area contributed by atoms with Crippen molar-refractivity contribution in [3.63, 3.8) is 0 Å². The molecule has 0 aromatic carbocycles. The monoisotopic (exact) mass is 213 g/mol. The van der Waals surface area contributed by atoms with Crippen molar-refractivity contribution in [1.82, 2.24) is 5.32 Å². The SMILES string of the molecule is CC[C@H](C)C(=O)N[C@@H](CC(C)C)C(C)=O.